The molecule has 1 N–H and O–H groups in total. The summed E-state index contributed by atoms with van der Waals surface area (Å²) >= 11 is 0. The molecule has 1 unspecified atom stereocenters. The number of halogens is 1. The molecule has 0 amide bonds. The summed E-state index contributed by atoms with van der Waals surface area (Å²) in [6.07, 6.45) is 5.77. The van der Waals surface area contributed by atoms with Crippen molar-refractivity contribution in [1.29, 1.82) is 0 Å². The van der Waals surface area contributed by atoms with E-state index in [9.17, 15) is 4.39 Å². The van der Waals surface area contributed by atoms with Gasteiger partial charge in [0.25, 0.3) is 0 Å². The molecular formula is C18H24FN3O2. The molecule has 1 aliphatic rings. The maximum Gasteiger partial charge on any atom is 0.165 e. The summed E-state index contributed by atoms with van der Waals surface area (Å²) in [5.41, 5.74) is 0.888. The molecule has 0 radical (unpaired) electrons. The summed E-state index contributed by atoms with van der Waals surface area (Å²) in [5, 5.41) is 3.57. The minimum Gasteiger partial charge on any atom is -0.494 e. The van der Waals surface area contributed by atoms with Gasteiger partial charge >= 0.3 is 0 Å². The van der Waals surface area contributed by atoms with Gasteiger partial charge in [-0.05, 0) is 36.5 Å². The van der Waals surface area contributed by atoms with Crippen LogP contribution in [0.5, 0.6) is 5.75 Å². The maximum atomic E-state index is 13.9. The molecule has 1 atom stereocenters. The van der Waals surface area contributed by atoms with Gasteiger partial charge in [-0.1, -0.05) is 6.07 Å². The van der Waals surface area contributed by atoms with Crippen LogP contribution in [0.15, 0.2) is 30.6 Å². The zero-order valence-electron chi connectivity index (χ0n) is 14.2. The number of rotatable bonds is 6. The Balaban J connectivity index is 1.74. The van der Waals surface area contributed by atoms with Crippen molar-refractivity contribution in [2.75, 3.05) is 20.3 Å². The molecular weight excluding hydrogens is 309 g/mol. The molecule has 5 nitrogen and oxygen atoms in total. The first-order chi connectivity index (χ1) is 11.7. The molecule has 0 spiro atoms. The largest absolute Gasteiger partial charge is 0.494 e. The van der Waals surface area contributed by atoms with Crippen molar-refractivity contribution < 1.29 is 13.9 Å². The van der Waals surface area contributed by atoms with E-state index in [2.05, 4.69) is 10.3 Å². The molecule has 2 heterocycles. The maximum absolute atomic E-state index is 13.9. The number of nitrogens with one attached hydrogen (secondary N) is 1. The highest BCUT2D eigenvalue weighted by molar-refractivity contribution is 5.29. The number of aryl methyl sites for hydroxylation is 1. The van der Waals surface area contributed by atoms with Gasteiger partial charge in [-0.3, -0.25) is 0 Å². The third kappa shape index (κ3) is 3.76. The van der Waals surface area contributed by atoms with Crippen LogP contribution < -0.4 is 10.1 Å². The van der Waals surface area contributed by atoms with Crippen molar-refractivity contribution in [2.24, 2.45) is 13.0 Å². The normalized spacial score (nSPS) is 17.0. The fourth-order valence-electron chi connectivity index (χ4n) is 3.24. The van der Waals surface area contributed by atoms with Gasteiger partial charge < -0.3 is 19.4 Å². The lowest BCUT2D eigenvalue weighted by molar-refractivity contribution is 0.0518. The van der Waals surface area contributed by atoms with E-state index >= 15 is 0 Å². The molecule has 1 saturated heterocycles. The Bertz CT molecular complexity index is 668. The van der Waals surface area contributed by atoms with E-state index in [0.717, 1.165) is 37.4 Å². The summed E-state index contributed by atoms with van der Waals surface area (Å²) in [5.74, 6) is 1.40. The van der Waals surface area contributed by atoms with Gasteiger partial charge in [0.2, 0.25) is 0 Å². The van der Waals surface area contributed by atoms with Crippen LogP contribution >= 0.6 is 0 Å². The summed E-state index contributed by atoms with van der Waals surface area (Å²) in [4.78, 5) is 4.51. The third-order valence-electron chi connectivity index (χ3n) is 4.62. The highest BCUT2D eigenvalue weighted by Crippen LogP contribution is 2.29. The minimum absolute atomic E-state index is 0.124. The number of imidazole rings is 1. The number of hydrogen-bond acceptors (Lipinski definition) is 4. The number of hydrogen-bond donors (Lipinski definition) is 1. The van der Waals surface area contributed by atoms with Crippen LogP contribution in [0.25, 0.3) is 0 Å². The smallest absolute Gasteiger partial charge is 0.165 e. The molecule has 24 heavy (non-hydrogen) atoms. The van der Waals surface area contributed by atoms with Gasteiger partial charge in [-0.15, -0.1) is 0 Å². The fourth-order valence-corrected chi connectivity index (χ4v) is 3.24. The average molecular weight is 333 g/mol. The molecule has 1 aliphatic heterocycles. The topological polar surface area (TPSA) is 48.3 Å². The van der Waals surface area contributed by atoms with Crippen LogP contribution in [-0.4, -0.2) is 29.9 Å². The lowest BCUT2D eigenvalue weighted by Crippen LogP contribution is -2.33. The predicted molar refractivity (Wildman–Crippen MR) is 89.3 cm³/mol. The van der Waals surface area contributed by atoms with E-state index in [1.165, 1.54) is 13.2 Å². The first-order valence-electron chi connectivity index (χ1n) is 8.30. The number of benzene rings is 1. The van der Waals surface area contributed by atoms with Crippen molar-refractivity contribution in [3.63, 3.8) is 0 Å². The summed E-state index contributed by atoms with van der Waals surface area (Å²) in [7, 11) is 3.47. The van der Waals surface area contributed by atoms with Gasteiger partial charge in [-0.25, -0.2) is 9.37 Å². The molecule has 6 heteroatoms. The summed E-state index contributed by atoms with van der Waals surface area (Å²) in [6, 6.07) is 5.19. The standard InChI is InChI=1S/C18H24FN3O2/c1-22-8-7-20-18(22)17(14-5-9-24-10-6-14)21-12-13-3-4-16(23-2)15(19)11-13/h3-4,7-8,11,14,17,21H,5-6,9-10,12H2,1-2H3. The van der Waals surface area contributed by atoms with E-state index in [-0.39, 0.29) is 17.6 Å². The van der Waals surface area contributed by atoms with Gasteiger partial charge in [0, 0.05) is 39.2 Å². The van der Waals surface area contributed by atoms with Gasteiger partial charge in [-0.2, -0.15) is 0 Å². The number of methoxy groups -OCH3 is 1. The first kappa shape index (κ1) is 16.9. The molecule has 1 aromatic carbocycles. The third-order valence-corrected chi connectivity index (χ3v) is 4.62. The lowest BCUT2D eigenvalue weighted by atomic mass is 9.91. The molecule has 1 aromatic heterocycles. The van der Waals surface area contributed by atoms with Crippen molar-refractivity contribution >= 4 is 0 Å². The van der Waals surface area contributed by atoms with Gasteiger partial charge in [0.1, 0.15) is 5.82 Å². The average Bonchev–Trinajstić information content (AvgIpc) is 3.02. The second-order valence-corrected chi connectivity index (χ2v) is 6.17. The molecule has 2 aromatic rings. The zero-order valence-corrected chi connectivity index (χ0v) is 14.2. The highest BCUT2D eigenvalue weighted by atomic mass is 19.1. The van der Waals surface area contributed by atoms with Crippen LogP contribution in [0, 0.1) is 11.7 Å². The fraction of sp³-hybridized carbons (Fsp3) is 0.500. The lowest BCUT2D eigenvalue weighted by Gasteiger charge is -2.30. The van der Waals surface area contributed by atoms with Crippen molar-refractivity contribution in [2.45, 2.75) is 25.4 Å². The Kier molecular flexibility index (Phi) is 5.48. The molecule has 0 aliphatic carbocycles. The van der Waals surface area contributed by atoms with E-state index in [1.807, 2.05) is 30.1 Å². The SMILES string of the molecule is COc1ccc(CNC(c2nccn2C)C2CCOCC2)cc1F. The highest BCUT2D eigenvalue weighted by Gasteiger charge is 2.27. The first-order valence-corrected chi connectivity index (χ1v) is 8.30. The Morgan fingerprint density at radius 3 is 2.83 bits per heavy atom. The van der Waals surface area contributed by atoms with Crippen LogP contribution in [-0.2, 0) is 18.3 Å². The predicted octanol–water partition coefficient (Wildman–Crippen LogP) is 2.83. The van der Waals surface area contributed by atoms with Crippen molar-refractivity contribution in [3.05, 3.63) is 47.8 Å². The van der Waals surface area contributed by atoms with Crippen LogP contribution in [0.3, 0.4) is 0 Å². The summed E-state index contributed by atoms with van der Waals surface area (Å²) < 4.78 is 26.4. The van der Waals surface area contributed by atoms with Gasteiger partial charge in [0.15, 0.2) is 11.6 Å². The van der Waals surface area contributed by atoms with Crippen molar-refractivity contribution in [1.82, 2.24) is 14.9 Å². The van der Waals surface area contributed by atoms with Gasteiger partial charge in [0.05, 0.1) is 13.2 Å². The Labute approximate surface area is 141 Å². The Hall–Kier alpha value is -1.92. The zero-order chi connectivity index (χ0) is 16.9. The Morgan fingerprint density at radius 2 is 2.21 bits per heavy atom. The second kappa shape index (κ2) is 7.77. The molecule has 130 valence electrons. The number of nitrogens with zero attached hydrogens (tertiary/aromatic N) is 2. The Morgan fingerprint density at radius 1 is 1.42 bits per heavy atom. The number of aromatic nitrogens is 2. The van der Waals surface area contributed by atoms with Crippen LogP contribution in [0.2, 0.25) is 0 Å². The van der Waals surface area contributed by atoms with E-state index in [0.29, 0.717) is 12.5 Å². The molecule has 1 fully saturated rings. The second-order valence-electron chi connectivity index (χ2n) is 6.17. The summed E-state index contributed by atoms with van der Waals surface area (Å²) in [6.45, 7) is 2.14. The molecule has 0 bridgehead atoms. The van der Waals surface area contributed by atoms with Crippen LogP contribution in [0.1, 0.15) is 30.3 Å². The van der Waals surface area contributed by atoms with E-state index < -0.39 is 0 Å². The van der Waals surface area contributed by atoms with E-state index in [4.69, 9.17) is 9.47 Å². The molecule has 0 saturated carbocycles. The molecule has 3 rings (SSSR count). The minimum atomic E-state index is -0.337. The number of ether oxygens (including phenoxy) is 2. The van der Waals surface area contributed by atoms with Crippen molar-refractivity contribution in [3.8, 4) is 5.75 Å². The monoisotopic (exact) mass is 333 g/mol. The van der Waals surface area contributed by atoms with Crippen LogP contribution in [0.4, 0.5) is 4.39 Å². The quantitative estimate of drug-likeness (QED) is 0.883. The van der Waals surface area contributed by atoms with E-state index in [1.54, 1.807) is 6.07 Å².